The van der Waals surface area contributed by atoms with Crippen LogP contribution in [0.5, 0.6) is 5.75 Å². The van der Waals surface area contributed by atoms with Gasteiger partial charge in [0, 0.05) is 19.2 Å². The van der Waals surface area contributed by atoms with Crippen LogP contribution in [0.4, 0.5) is 0 Å². The quantitative estimate of drug-likeness (QED) is 0.189. The van der Waals surface area contributed by atoms with Gasteiger partial charge in [-0.3, -0.25) is 4.79 Å². The van der Waals surface area contributed by atoms with Crippen LogP contribution in [0, 0.1) is 0 Å². The number of carbonyl (C=O) groups is 1. The summed E-state index contributed by atoms with van der Waals surface area (Å²) in [6.45, 7) is 14.0. The second-order valence-corrected chi connectivity index (χ2v) is 4.60. The van der Waals surface area contributed by atoms with Crippen molar-refractivity contribution in [2.45, 2.75) is 6.92 Å². The molecular formula is C18H23NO3. The molecule has 0 aliphatic rings. The lowest BCUT2D eigenvalue weighted by Crippen LogP contribution is -2.20. The van der Waals surface area contributed by atoms with Gasteiger partial charge in [0.1, 0.15) is 12.4 Å². The van der Waals surface area contributed by atoms with Crippen LogP contribution in [-0.2, 0) is 4.74 Å². The van der Waals surface area contributed by atoms with Gasteiger partial charge in [-0.25, -0.2) is 0 Å². The molecule has 0 saturated carbocycles. The molecule has 1 aromatic carbocycles. The zero-order chi connectivity index (χ0) is 16.5. The summed E-state index contributed by atoms with van der Waals surface area (Å²) in [6, 6.07) is 6.82. The highest BCUT2D eigenvalue weighted by Gasteiger charge is 2.11. The summed E-state index contributed by atoms with van der Waals surface area (Å²) < 4.78 is 10.5. The molecule has 0 radical (unpaired) electrons. The molecule has 22 heavy (non-hydrogen) atoms. The number of ketones is 1. The number of allylic oxidation sites excluding steroid dienone is 2. The van der Waals surface area contributed by atoms with Crippen molar-refractivity contribution in [3.8, 4) is 5.75 Å². The van der Waals surface area contributed by atoms with E-state index in [2.05, 4.69) is 30.8 Å². The zero-order valence-electron chi connectivity index (χ0n) is 13.1. The Bertz CT molecular complexity index is 614. The Balaban J connectivity index is 0.00000484. The number of ether oxygens (including phenoxy) is 2. The molecule has 0 heterocycles. The van der Waals surface area contributed by atoms with Gasteiger partial charge in [-0.1, -0.05) is 25.5 Å². The van der Waals surface area contributed by atoms with Crippen LogP contribution >= 0.6 is 0 Å². The van der Waals surface area contributed by atoms with E-state index in [9.17, 15) is 4.79 Å². The molecule has 0 aliphatic heterocycles. The van der Waals surface area contributed by atoms with E-state index in [4.69, 9.17) is 9.47 Å². The van der Waals surface area contributed by atoms with Crippen molar-refractivity contribution in [3.05, 3.63) is 72.3 Å². The lowest BCUT2D eigenvalue weighted by Gasteiger charge is -2.10. The maximum atomic E-state index is 12.0. The highest BCUT2D eigenvalue weighted by atomic mass is 16.5. The topological polar surface area (TPSA) is 47.6 Å². The third kappa shape index (κ3) is 5.00. The fourth-order valence-corrected chi connectivity index (χ4v) is 1.60. The number of nitrogens with one attached hydrogen (secondary N) is 1. The third-order valence-corrected chi connectivity index (χ3v) is 2.91. The maximum Gasteiger partial charge on any atom is 0.235 e. The van der Waals surface area contributed by atoms with Crippen molar-refractivity contribution in [2.75, 3.05) is 20.3 Å². The van der Waals surface area contributed by atoms with Crippen LogP contribution in [0.3, 0.4) is 0 Å². The zero-order valence-corrected chi connectivity index (χ0v) is 13.1. The Labute approximate surface area is 132 Å². The lowest BCUT2D eigenvalue weighted by molar-refractivity contribution is 0.0954. The third-order valence-electron chi connectivity index (χ3n) is 2.91. The van der Waals surface area contributed by atoms with E-state index < -0.39 is 0 Å². The van der Waals surface area contributed by atoms with Crippen molar-refractivity contribution in [2.24, 2.45) is 0 Å². The van der Waals surface area contributed by atoms with Gasteiger partial charge in [0.05, 0.1) is 7.11 Å². The Kier molecular flexibility index (Phi) is 6.74. The monoisotopic (exact) mass is 301 g/mol. The normalized spacial score (nSPS) is 9.36. The summed E-state index contributed by atoms with van der Waals surface area (Å²) in [5.74, 6) is 0.514. The highest BCUT2D eigenvalue weighted by Crippen LogP contribution is 2.15. The van der Waals surface area contributed by atoms with Crippen molar-refractivity contribution >= 4 is 5.78 Å². The van der Waals surface area contributed by atoms with Crippen LogP contribution in [0.1, 0.15) is 18.7 Å². The SMILES string of the molecule is C=C=C(OC)C(=O)c1ccc(OCCNC(=C)C(=C)C)cc1.[HH]. The average molecular weight is 301 g/mol. The predicted octanol–water partition coefficient (Wildman–Crippen LogP) is 3.49. The van der Waals surface area contributed by atoms with Gasteiger partial charge in [0.15, 0.2) is 0 Å². The summed E-state index contributed by atoms with van der Waals surface area (Å²) in [7, 11) is 1.41. The van der Waals surface area contributed by atoms with E-state index in [1.807, 2.05) is 6.92 Å². The van der Waals surface area contributed by atoms with Gasteiger partial charge >= 0.3 is 0 Å². The van der Waals surface area contributed by atoms with Gasteiger partial charge < -0.3 is 14.8 Å². The molecule has 0 spiro atoms. The average Bonchev–Trinajstić information content (AvgIpc) is 2.52. The Morgan fingerprint density at radius 1 is 1.32 bits per heavy atom. The van der Waals surface area contributed by atoms with Crippen LogP contribution in [0.25, 0.3) is 0 Å². The van der Waals surface area contributed by atoms with E-state index in [0.717, 1.165) is 11.3 Å². The molecular weight excluding hydrogens is 278 g/mol. The maximum absolute atomic E-state index is 12.0. The van der Waals surface area contributed by atoms with E-state index in [1.165, 1.54) is 7.11 Å². The minimum Gasteiger partial charge on any atom is -0.492 e. The molecule has 118 valence electrons. The molecule has 1 N–H and O–H groups in total. The molecule has 0 saturated heterocycles. The second kappa shape index (κ2) is 8.55. The van der Waals surface area contributed by atoms with Gasteiger partial charge in [-0.2, -0.15) is 0 Å². The summed E-state index contributed by atoms with van der Waals surface area (Å²) in [5.41, 5.74) is 4.66. The first-order valence-electron chi connectivity index (χ1n) is 6.79. The van der Waals surface area contributed by atoms with E-state index in [1.54, 1.807) is 24.3 Å². The second-order valence-electron chi connectivity index (χ2n) is 4.60. The summed E-state index contributed by atoms with van der Waals surface area (Å²) in [4.78, 5) is 12.0. The first-order chi connectivity index (χ1) is 10.5. The molecule has 1 rings (SSSR count). The fraction of sp³-hybridized carbons (Fsp3) is 0.222. The number of Topliss-reactive ketones (excluding diaryl/α,β-unsaturated/α-hetero) is 1. The summed E-state index contributed by atoms with van der Waals surface area (Å²) in [6.07, 6.45) is 0. The number of rotatable bonds is 9. The Morgan fingerprint density at radius 2 is 1.95 bits per heavy atom. The minimum absolute atomic E-state index is 0. The van der Waals surface area contributed by atoms with E-state index in [-0.39, 0.29) is 13.0 Å². The summed E-state index contributed by atoms with van der Waals surface area (Å²) >= 11 is 0. The molecule has 0 aliphatic carbocycles. The van der Waals surface area contributed by atoms with Gasteiger partial charge in [-0.05, 0) is 36.8 Å². The van der Waals surface area contributed by atoms with E-state index >= 15 is 0 Å². The molecule has 0 amide bonds. The lowest BCUT2D eigenvalue weighted by atomic mass is 10.1. The van der Waals surface area contributed by atoms with Crippen LogP contribution in [-0.4, -0.2) is 26.0 Å². The smallest absolute Gasteiger partial charge is 0.235 e. The number of methoxy groups -OCH3 is 1. The largest absolute Gasteiger partial charge is 0.492 e. The van der Waals surface area contributed by atoms with Crippen LogP contribution in [0.2, 0.25) is 0 Å². The van der Waals surface area contributed by atoms with Gasteiger partial charge in [0.2, 0.25) is 11.5 Å². The summed E-state index contributed by atoms with van der Waals surface area (Å²) in [5, 5.41) is 3.10. The molecule has 0 bridgehead atoms. The first kappa shape index (κ1) is 17.3. The molecule has 0 unspecified atom stereocenters. The van der Waals surface area contributed by atoms with Gasteiger partial charge in [0.25, 0.3) is 0 Å². The van der Waals surface area contributed by atoms with Crippen molar-refractivity contribution < 1.29 is 15.7 Å². The molecule has 0 fully saturated rings. The first-order valence-corrected chi connectivity index (χ1v) is 6.79. The number of hydrogen-bond acceptors (Lipinski definition) is 4. The molecule has 1 aromatic rings. The van der Waals surface area contributed by atoms with Crippen LogP contribution in [0.15, 0.2) is 66.8 Å². The predicted molar refractivity (Wildman–Crippen MR) is 90.0 cm³/mol. The number of hydrogen-bond donors (Lipinski definition) is 1. The molecule has 4 heteroatoms. The van der Waals surface area contributed by atoms with Crippen molar-refractivity contribution in [1.82, 2.24) is 5.32 Å². The Morgan fingerprint density at radius 3 is 2.45 bits per heavy atom. The van der Waals surface area contributed by atoms with E-state index in [0.29, 0.717) is 24.5 Å². The number of carbonyl (C=O) groups excluding carboxylic acids is 1. The standard InChI is InChI=1S/C18H21NO3.H2/c1-6-17(21-5)18(20)15-7-9-16(10-8-15)22-12-11-19-14(4)13(2)3;/h7-10,19H,1-2,4,11-12H2,3,5H3;1H. The molecule has 4 nitrogen and oxygen atoms in total. The van der Waals surface area contributed by atoms with Crippen LogP contribution < -0.4 is 10.1 Å². The van der Waals surface area contributed by atoms with Gasteiger partial charge in [-0.15, -0.1) is 0 Å². The van der Waals surface area contributed by atoms with Crippen molar-refractivity contribution in [3.63, 3.8) is 0 Å². The minimum atomic E-state index is -0.261. The Hall–Kier alpha value is -2.71. The number of benzene rings is 1. The highest BCUT2D eigenvalue weighted by molar-refractivity contribution is 6.07. The fourth-order valence-electron chi connectivity index (χ4n) is 1.60. The molecule has 0 aromatic heterocycles. The molecule has 0 atom stereocenters. The van der Waals surface area contributed by atoms with Crippen molar-refractivity contribution in [1.29, 1.82) is 0 Å².